The van der Waals surface area contributed by atoms with Crippen molar-refractivity contribution in [1.29, 1.82) is 0 Å². The lowest BCUT2D eigenvalue weighted by molar-refractivity contribution is -0.0554. The van der Waals surface area contributed by atoms with Gasteiger partial charge in [0.25, 0.3) is 5.91 Å². The van der Waals surface area contributed by atoms with E-state index in [-0.39, 0.29) is 16.7 Å². The van der Waals surface area contributed by atoms with E-state index in [0.717, 1.165) is 31.7 Å². The van der Waals surface area contributed by atoms with Gasteiger partial charge in [0.2, 0.25) is 0 Å². The molecule has 0 radical (unpaired) electrons. The molecule has 1 aromatic carbocycles. The zero-order chi connectivity index (χ0) is 14.4. The molecule has 2 aliphatic heterocycles. The average molecular weight is 272 g/mol. The average Bonchev–Trinajstić information content (AvgIpc) is 2.35. The number of amides is 1. The quantitative estimate of drug-likeness (QED) is 0.784. The monoisotopic (exact) mass is 272 g/mol. The zero-order valence-electron chi connectivity index (χ0n) is 12.7. The standard InChI is InChI=1S/C17H24N2O/c1-16-9-17(2,11-18(3)10-16)13-19(12-16)15(20)14-7-5-4-6-8-14/h4-8H,9-13H2,1-3H3/t16-,17+. The smallest absolute Gasteiger partial charge is 0.253 e. The molecule has 2 fully saturated rings. The Kier molecular flexibility index (Phi) is 3.13. The van der Waals surface area contributed by atoms with Gasteiger partial charge in [0.15, 0.2) is 0 Å². The molecule has 0 aromatic heterocycles. The number of benzene rings is 1. The minimum atomic E-state index is 0.187. The highest BCUT2D eigenvalue weighted by Gasteiger charge is 2.48. The van der Waals surface area contributed by atoms with E-state index in [4.69, 9.17) is 0 Å². The Morgan fingerprint density at radius 3 is 2.10 bits per heavy atom. The molecule has 0 spiro atoms. The van der Waals surface area contributed by atoms with Crippen LogP contribution in [0.25, 0.3) is 0 Å². The van der Waals surface area contributed by atoms with Crippen LogP contribution in [0, 0.1) is 10.8 Å². The molecule has 3 nitrogen and oxygen atoms in total. The molecule has 108 valence electrons. The molecular weight excluding hydrogens is 248 g/mol. The molecule has 3 heteroatoms. The van der Waals surface area contributed by atoms with Gasteiger partial charge in [-0.05, 0) is 36.4 Å². The van der Waals surface area contributed by atoms with Gasteiger partial charge in [0.1, 0.15) is 0 Å². The molecule has 2 aliphatic rings. The van der Waals surface area contributed by atoms with Crippen LogP contribution in [0.4, 0.5) is 0 Å². The molecule has 1 amide bonds. The van der Waals surface area contributed by atoms with Gasteiger partial charge in [0.05, 0.1) is 0 Å². The summed E-state index contributed by atoms with van der Waals surface area (Å²) in [5, 5.41) is 0. The first-order valence-corrected chi connectivity index (χ1v) is 7.42. The van der Waals surface area contributed by atoms with Crippen molar-refractivity contribution in [3.05, 3.63) is 35.9 Å². The predicted molar refractivity (Wildman–Crippen MR) is 80.7 cm³/mol. The van der Waals surface area contributed by atoms with E-state index in [1.807, 2.05) is 30.3 Å². The summed E-state index contributed by atoms with van der Waals surface area (Å²) in [4.78, 5) is 17.2. The second-order valence-corrected chi connectivity index (χ2v) is 7.50. The third kappa shape index (κ3) is 2.47. The number of hydrogen-bond acceptors (Lipinski definition) is 2. The van der Waals surface area contributed by atoms with Crippen LogP contribution in [0.15, 0.2) is 30.3 Å². The number of fused-ring (bicyclic) bond motifs is 2. The molecule has 2 saturated heterocycles. The minimum absolute atomic E-state index is 0.187. The highest BCUT2D eigenvalue weighted by atomic mass is 16.2. The molecule has 0 unspecified atom stereocenters. The second-order valence-electron chi connectivity index (χ2n) is 7.50. The SMILES string of the molecule is CN1C[C@@]2(C)CN(C(=O)c3ccccc3)C[C@@](C)(C1)C2. The summed E-state index contributed by atoms with van der Waals surface area (Å²) < 4.78 is 0. The van der Waals surface area contributed by atoms with Gasteiger partial charge in [-0.15, -0.1) is 0 Å². The number of likely N-dealkylation sites (tertiary alicyclic amines) is 2. The van der Waals surface area contributed by atoms with Gasteiger partial charge in [0, 0.05) is 31.7 Å². The Bertz CT molecular complexity index is 495. The molecule has 0 N–H and O–H groups in total. The number of carbonyl (C=O) groups excluding carboxylic acids is 1. The van der Waals surface area contributed by atoms with E-state index in [1.54, 1.807) is 0 Å². The molecule has 1 aromatic rings. The summed E-state index contributed by atoms with van der Waals surface area (Å²) in [6.07, 6.45) is 1.23. The minimum Gasteiger partial charge on any atom is -0.337 e. The van der Waals surface area contributed by atoms with Gasteiger partial charge in [-0.25, -0.2) is 0 Å². The van der Waals surface area contributed by atoms with Crippen molar-refractivity contribution in [1.82, 2.24) is 9.80 Å². The summed E-state index contributed by atoms with van der Waals surface area (Å²) in [5.41, 5.74) is 1.27. The van der Waals surface area contributed by atoms with Crippen molar-refractivity contribution in [2.75, 3.05) is 33.2 Å². The van der Waals surface area contributed by atoms with Crippen LogP contribution in [-0.4, -0.2) is 48.9 Å². The van der Waals surface area contributed by atoms with Crippen molar-refractivity contribution in [3.63, 3.8) is 0 Å². The maximum atomic E-state index is 12.7. The van der Waals surface area contributed by atoms with Gasteiger partial charge >= 0.3 is 0 Å². The van der Waals surface area contributed by atoms with Crippen LogP contribution in [0.5, 0.6) is 0 Å². The van der Waals surface area contributed by atoms with Crippen LogP contribution < -0.4 is 0 Å². The lowest BCUT2D eigenvalue weighted by Crippen LogP contribution is -2.62. The van der Waals surface area contributed by atoms with E-state index in [1.165, 1.54) is 6.42 Å². The van der Waals surface area contributed by atoms with Crippen LogP contribution in [0.3, 0.4) is 0 Å². The first-order chi connectivity index (χ1) is 9.39. The van der Waals surface area contributed by atoms with Gasteiger partial charge < -0.3 is 9.80 Å². The lowest BCUT2D eigenvalue weighted by atomic mass is 9.65. The fourth-order valence-electron chi connectivity index (χ4n) is 4.60. The topological polar surface area (TPSA) is 23.6 Å². The molecule has 0 saturated carbocycles. The summed E-state index contributed by atoms with van der Waals surface area (Å²) in [7, 11) is 2.20. The summed E-state index contributed by atoms with van der Waals surface area (Å²) in [6, 6.07) is 9.68. The Balaban J connectivity index is 1.85. The van der Waals surface area contributed by atoms with Gasteiger partial charge in [-0.2, -0.15) is 0 Å². The van der Waals surface area contributed by atoms with Crippen molar-refractivity contribution < 1.29 is 4.79 Å². The maximum absolute atomic E-state index is 12.7. The molecular formula is C17H24N2O. The van der Waals surface area contributed by atoms with Gasteiger partial charge in [-0.1, -0.05) is 32.0 Å². The van der Waals surface area contributed by atoms with Crippen molar-refractivity contribution in [3.8, 4) is 0 Å². The van der Waals surface area contributed by atoms with Crippen molar-refractivity contribution >= 4 is 5.91 Å². The highest BCUT2D eigenvalue weighted by molar-refractivity contribution is 5.94. The Morgan fingerprint density at radius 1 is 1.00 bits per heavy atom. The Hall–Kier alpha value is -1.35. The molecule has 20 heavy (non-hydrogen) atoms. The fraction of sp³-hybridized carbons (Fsp3) is 0.588. The first kappa shape index (κ1) is 13.6. The number of rotatable bonds is 1. The van der Waals surface area contributed by atoms with Crippen LogP contribution in [0.1, 0.15) is 30.6 Å². The second kappa shape index (κ2) is 4.59. The van der Waals surface area contributed by atoms with E-state index in [2.05, 4.69) is 30.7 Å². The van der Waals surface area contributed by atoms with Crippen LogP contribution in [-0.2, 0) is 0 Å². The normalized spacial score (nSPS) is 34.0. The lowest BCUT2D eigenvalue weighted by Gasteiger charge is -2.56. The number of hydrogen-bond donors (Lipinski definition) is 0. The predicted octanol–water partition coefficient (Wildman–Crippen LogP) is 2.49. The van der Waals surface area contributed by atoms with E-state index >= 15 is 0 Å². The Labute approximate surface area is 121 Å². The maximum Gasteiger partial charge on any atom is 0.253 e. The van der Waals surface area contributed by atoms with E-state index in [0.29, 0.717) is 0 Å². The van der Waals surface area contributed by atoms with E-state index in [9.17, 15) is 4.79 Å². The highest BCUT2D eigenvalue weighted by Crippen LogP contribution is 2.45. The third-order valence-electron chi connectivity index (χ3n) is 4.61. The molecule has 2 bridgehead atoms. The zero-order valence-corrected chi connectivity index (χ0v) is 12.7. The molecule has 3 rings (SSSR count). The van der Waals surface area contributed by atoms with Crippen molar-refractivity contribution in [2.24, 2.45) is 10.8 Å². The molecule has 0 aliphatic carbocycles. The Morgan fingerprint density at radius 2 is 1.55 bits per heavy atom. The van der Waals surface area contributed by atoms with Gasteiger partial charge in [-0.3, -0.25) is 4.79 Å². The summed E-state index contributed by atoms with van der Waals surface area (Å²) in [5.74, 6) is 0.187. The van der Waals surface area contributed by atoms with Crippen molar-refractivity contribution in [2.45, 2.75) is 20.3 Å². The molecule has 2 atom stereocenters. The van der Waals surface area contributed by atoms with Crippen LogP contribution >= 0.6 is 0 Å². The fourth-order valence-corrected chi connectivity index (χ4v) is 4.60. The summed E-state index contributed by atoms with van der Waals surface area (Å²) in [6.45, 7) is 8.57. The first-order valence-electron chi connectivity index (χ1n) is 7.42. The van der Waals surface area contributed by atoms with E-state index < -0.39 is 0 Å². The number of piperidine rings is 2. The number of nitrogens with zero attached hydrogens (tertiary/aromatic N) is 2. The largest absolute Gasteiger partial charge is 0.337 e. The molecule has 2 heterocycles. The third-order valence-corrected chi connectivity index (χ3v) is 4.61. The number of carbonyl (C=O) groups is 1. The van der Waals surface area contributed by atoms with Crippen LogP contribution in [0.2, 0.25) is 0 Å². The summed E-state index contributed by atoms with van der Waals surface area (Å²) >= 11 is 0.